The second-order valence-corrected chi connectivity index (χ2v) is 4.13. The van der Waals surface area contributed by atoms with Gasteiger partial charge in [-0.1, -0.05) is 31.5 Å². The van der Waals surface area contributed by atoms with Gasteiger partial charge in [0.05, 0.1) is 0 Å². The predicted octanol–water partition coefficient (Wildman–Crippen LogP) is 3.18. The third-order valence-corrected chi connectivity index (χ3v) is 2.76. The fourth-order valence-electron chi connectivity index (χ4n) is 1.59. The highest BCUT2D eigenvalue weighted by Crippen LogP contribution is 2.31. The molecule has 78 valence electrons. The Morgan fingerprint density at radius 1 is 1.43 bits per heavy atom. The maximum Gasteiger partial charge on any atom is 0.128 e. The van der Waals surface area contributed by atoms with E-state index in [2.05, 4.69) is 0 Å². The quantitative estimate of drug-likeness (QED) is 0.824. The molecular weight excluding hydrogens is 201 g/mol. The average molecular weight is 216 g/mol. The number of rotatable bonds is 3. The summed E-state index contributed by atoms with van der Waals surface area (Å²) in [5.41, 5.74) is 6.17. The number of hydrogen-bond acceptors (Lipinski definition) is 1. The molecule has 1 aromatic carbocycles. The minimum atomic E-state index is -0.262. The Labute approximate surface area is 89.1 Å². The summed E-state index contributed by atoms with van der Waals surface area (Å²) < 4.78 is 13.5. The zero-order valence-corrected chi connectivity index (χ0v) is 9.18. The Morgan fingerprint density at radius 3 is 2.50 bits per heavy atom. The molecule has 0 aliphatic carbocycles. The summed E-state index contributed by atoms with van der Waals surface area (Å²) in [5.74, 6) is 0.0137. The van der Waals surface area contributed by atoms with Crippen molar-refractivity contribution >= 4 is 11.6 Å². The molecule has 0 aliphatic rings. The second-order valence-electron chi connectivity index (χ2n) is 3.72. The normalized spacial score (nSPS) is 13.3. The van der Waals surface area contributed by atoms with Crippen molar-refractivity contribution in [3.05, 3.63) is 34.6 Å². The van der Waals surface area contributed by atoms with Gasteiger partial charge in [0.2, 0.25) is 0 Å². The molecule has 0 bridgehead atoms. The van der Waals surface area contributed by atoms with Crippen molar-refractivity contribution in [3.63, 3.8) is 0 Å². The highest BCUT2D eigenvalue weighted by atomic mass is 35.5. The minimum Gasteiger partial charge on any atom is -0.330 e. The van der Waals surface area contributed by atoms with Crippen LogP contribution in [0.4, 0.5) is 4.39 Å². The van der Waals surface area contributed by atoms with Crippen LogP contribution in [0.15, 0.2) is 18.2 Å². The Morgan fingerprint density at radius 2 is 2.07 bits per heavy atom. The molecule has 0 aromatic heterocycles. The van der Waals surface area contributed by atoms with Gasteiger partial charge in [-0.05, 0) is 24.6 Å². The molecule has 0 radical (unpaired) electrons. The summed E-state index contributed by atoms with van der Waals surface area (Å²) in [7, 11) is 0. The van der Waals surface area contributed by atoms with Crippen LogP contribution in [0.5, 0.6) is 0 Å². The molecule has 0 heterocycles. The third kappa shape index (κ3) is 2.25. The van der Waals surface area contributed by atoms with E-state index in [1.54, 1.807) is 12.1 Å². The van der Waals surface area contributed by atoms with Gasteiger partial charge in [0, 0.05) is 16.5 Å². The van der Waals surface area contributed by atoms with Crippen molar-refractivity contribution in [1.29, 1.82) is 0 Å². The Kier molecular flexibility index (Phi) is 3.90. The molecule has 3 heteroatoms. The number of benzene rings is 1. The highest BCUT2D eigenvalue weighted by molar-refractivity contribution is 6.31. The molecule has 1 unspecified atom stereocenters. The van der Waals surface area contributed by atoms with Gasteiger partial charge in [0.1, 0.15) is 5.82 Å². The van der Waals surface area contributed by atoms with Crippen LogP contribution < -0.4 is 5.73 Å². The van der Waals surface area contributed by atoms with Crippen LogP contribution in [0.1, 0.15) is 25.3 Å². The predicted molar refractivity (Wildman–Crippen MR) is 58.0 cm³/mol. The highest BCUT2D eigenvalue weighted by Gasteiger charge is 2.20. The molecule has 1 aromatic rings. The van der Waals surface area contributed by atoms with Crippen LogP contribution >= 0.6 is 11.6 Å². The van der Waals surface area contributed by atoms with E-state index in [9.17, 15) is 4.39 Å². The van der Waals surface area contributed by atoms with Gasteiger partial charge < -0.3 is 5.73 Å². The lowest BCUT2D eigenvalue weighted by molar-refractivity contribution is 0.479. The van der Waals surface area contributed by atoms with Gasteiger partial charge in [-0.15, -0.1) is 0 Å². The van der Waals surface area contributed by atoms with Crippen molar-refractivity contribution in [3.8, 4) is 0 Å². The second kappa shape index (κ2) is 4.76. The molecule has 0 aliphatic heterocycles. The monoisotopic (exact) mass is 215 g/mol. The van der Waals surface area contributed by atoms with Crippen molar-refractivity contribution in [2.45, 2.75) is 19.8 Å². The summed E-state index contributed by atoms with van der Waals surface area (Å²) in [6.45, 7) is 4.44. The van der Waals surface area contributed by atoms with Crippen LogP contribution in [0.3, 0.4) is 0 Å². The van der Waals surface area contributed by atoms with Crippen LogP contribution in [0.25, 0.3) is 0 Å². The standard InChI is InChI=1S/C11H15ClFN/c1-7(2)8(6-14)11-9(12)4-3-5-10(11)13/h3-5,7-8H,6,14H2,1-2H3. The first-order chi connectivity index (χ1) is 6.57. The molecule has 0 spiro atoms. The van der Waals surface area contributed by atoms with E-state index in [0.717, 1.165) is 0 Å². The first-order valence-corrected chi connectivity index (χ1v) is 5.09. The third-order valence-electron chi connectivity index (χ3n) is 2.43. The molecule has 0 saturated heterocycles. The summed E-state index contributed by atoms with van der Waals surface area (Å²) in [6.07, 6.45) is 0. The van der Waals surface area contributed by atoms with Crippen molar-refractivity contribution in [2.24, 2.45) is 11.7 Å². The molecule has 2 N–H and O–H groups in total. The number of hydrogen-bond donors (Lipinski definition) is 1. The number of halogens is 2. The fraction of sp³-hybridized carbons (Fsp3) is 0.455. The summed E-state index contributed by atoms with van der Waals surface area (Å²) in [6, 6.07) is 4.73. The van der Waals surface area contributed by atoms with Crippen LogP contribution in [-0.4, -0.2) is 6.54 Å². The van der Waals surface area contributed by atoms with E-state index in [0.29, 0.717) is 17.1 Å². The largest absolute Gasteiger partial charge is 0.330 e. The summed E-state index contributed by atoms with van der Waals surface area (Å²) >= 11 is 5.95. The SMILES string of the molecule is CC(C)C(CN)c1c(F)cccc1Cl. The van der Waals surface area contributed by atoms with Gasteiger partial charge >= 0.3 is 0 Å². The zero-order valence-electron chi connectivity index (χ0n) is 8.43. The van der Waals surface area contributed by atoms with Crippen LogP contribution in [-0.2, 0) is 0 Å². The topological polar surface area (TPSA) is 26.0 Å². The molecule has 0 amide bonds. The van der Waals surface area contributed by atoms with Crippen LogP contribution in [0.2, 0.25) is 5.02 Å². The minimum absolute atomic E-state index is 0.0105. The molecule has 1 atom stereocenters. The molecule has 14 heavy (non-hydrogen) atoms. The van der Waals surface area contributed by atoms with Crippen molar-refractivity contribution in [2.75, 3.05) is 6.54 Å². The Balaban J connectivity index is 3.15. The first kappa shape index (κ1) is 11.5. The lowest BCUT2D eigenvalue weighted by atomic mass is 9.88. The van der Waals surface area contributed by atoms with Gasteiger partial charge in [-0.25, -0.2) is 4.39 Å². The molecule has 1 nitrogen and oxygen atoms in total. The lowest BCUT2D eigenvalue weighted by Gasteiger charge is -2.20. The molecule has 0 saturated carbocycles. The molecule has 0 fully saturated rings. The maximum atomic E-state index is 13.5. The van der Waals surface area contributed by atoms with E-state index in [4.69, 9.17) is 17.3 Å². The Bertz CT molecular complexity index is 292. The zero-order chi connectivity index (χ0) is 10.7. The van der Waals surface area contributed by atoms with E-state index >= 15 is 0 Å². The molecular formula is C11H15ClFN. The first-order valence-electron chi connectivity index (χ1n) is 4.72. The van der Waals surface area contributed by atoms with E-state index in [1.807, 2.05) is 13.8 Å². The van der Waals surface area contributed by atoms with E-state index in [1.165, 1.54) is 6.07 Å². The summed E-state index contributed by atoms with van der Waals surface area (Å²) in [5, 5.41) is 0.467. The summed E-state index contributed by atoms with van der Waals surface area (Å²) in [4.78, 5) is 0. The van der Waals surface area contributed by atoms with Crippen LogP contribution in [0, 0.1) is 11.7 Å². The lowest BCUT2D eigenvalue weighted by Crippen LogP contribution is -2.19. The average Bonchev–Trinajstić information content (AvgIpc) is 2.10. The maximum absolute atomic E-state index is 13.5. The van der Waals surface area contributed by atoms with Crippen molar-refractivity contribution in [1.82, 2.24) is 0 Å². The fourth-order valence-corrected chi connectivity index (χ4v) is 1.89. The van der Waals surface area contributed by atoms with Crippen molar-refractivity contribution < 1.29 is 4.39 Å². The van der Waals surface area contributed by atoms with Gasteiger partial charge in [-0.2, -0.15) is 0 Å². The van der Waals surface area contributed by atoms with Gasteiger partial charge in [0.25, 0.3) is 0 Å². The van der Waals surface area contributed by atoms with Gasteiger partial charge in [0.15, 0.2) is 0 Å². The molecule has 1 rings (SSSR count). The number of nitrogens with two attached hydrogens (primary N) is 1. The van der Waals surface area contributed by atoms with E-state index in [-0.39, 0.29) is 17.7 Å². The Hall–Kier alpha value is -0.600. The smallest absolute Gasteiger partial charge is 0.128 e. The van der Waals surface area contributed by atoms with Gasteiger partial charge in [-0.3, -0.25) is 0 Å². The van der Waals surface area contributed by atoms with E-state index < -0.39 is 0 Å².